The van der Waals surface area contributed by atoms with Gasteiger partial charge < -0.3 is 20.5 Å². The Kier molecular flexibility index (Phi) is 3.20. The van der Waals surface area contributed by atoms with Crippen molar-refractivity contribution in [3.63, 3.8) is 0 Å². The summed E-state index contributed by atoms with van der Waals surface area (Å²) in [6, 6.07) is 0. The standard InChI is InChI=1S/C12H19N7/c1-13-12-17-10(9-11(18-12)16-7-15-9)14-5-8-3-4-19(2)6-8/h7-8H,3-6H2,1-2H3,(H3,13,14,15,16,17,18). The highest BCUT2D eigenvalue weighted by atomic mass is 15.2. The molecule has 3 heterocycles. The van der Waals surface area contributed by atoms with E-state index < -0.39 is 0 Å². The van der Waals surface area contributed by atoms with E-state index in [0.29, 0.717) is 17.5 Å². The molecule has 1 unspecified atom stereocenters. The molecule has 19 heavy (non-hydrogen) atoms. The van der Waals surface area contributed by atoms with Crippen molar-refractivity contribution in [2.45, 2.75) is 6.42 Å². The van der Waals surface area contributed by atoms with Crippen LogP contribution in [0, 0.1) is 5.92 Å². The van der Waals surface area contributed by atoms with Gasteiger partial charge in [-0.2, -0.15) is 9.97 Å². The number of nitrogens with one attached hydrogen (secondary N) is 3. The molecule has 0 bridgehead atoms. The summed E-state index contributed by atoms with van der Waals surface area (Å²) in [5.74, 6) is 2.09. The number of fused-ring (bicyclic) bond motifs is 1. The van der Waals surface area contributed by atoms with E-state index in [-0.39, 0.29) is 0 Å². The van der Waals surface area contributed by atoms with Gasteiger partial charge in [0.25, 0.3) is 0 Å². The van der Waals surface area contributed by atoms with E-state index in [1.807, 2.05) is 7.05 Å². The van der Waals surface area contributed by atoms with Crippen LogP contribution in [0.2, 0.25) is 0 Å². The lowest BCUT2D eigenvalue weighted by molar-refractivity contribution is 0.399. The van der Waals surface area contributed by atoms with E-state index in [9.17, 15) is 0 Å². The van der Waals surface area contributed by atoms with Crippen LogP contribution in [0.25, 0.3) is 11.2 Å². The van der Waals surface area contributed by atoms with Gasteiger partial charge in [0.15, 0.2) is 11.5 Å². The van der Waals surface area contributed by atoms with Gasteiger partial charge in [0, 0.05) is 20.1 Å². The molecule has 0 saturated carbocycles. The Bertz CT molecular complexity index is 564. The molecule has 102 valence electrons. The zero-order valence-electron chi connectivity index (χ0n) is 11.3. The average molecular weight is 261 g/mol. The number of nitrogens with zero attached hydrogens (tertiary/aromatic N) is 4. The quantitative estimate of drug-likeness (QED) is 0.754. The van der Waals surface area contributed by atoms with Gasteiger partial charge in [0.1, 0.15) is 5.52 Å². The second-order valence-corrected chi connectivity index (χ2v) is 5.04. The van der Waals surface area contributed by atoms with Gasteiger partial charge in [0.2, 0.25) is 5.95 Å². The molecule has 0 radical (unpaired) electrons. The van der Waals surface area contributed by atoms with Gasteiger partial charge >= 0.3 is 0 Å². The van der Waals surface area contributed by atoms with Crippen molar-refractivity contribution in [3.8, 4) is 0 Å². The number of hydrogen-bond donors (Lipinski definition) is 3. The fourth-order valence-corrected chi connectivity index (χ4v) is 2.51. The second kappa shape index (κ2) is 5.00. The number of H-pyrrole nitrogens is 1. The maximum Gasteiger partial charge on any atom is 0.226 e. The molecule has 0 amide bonds. The molecule has 7 heteroatoms. The SMILES string of the molecule is CNc1nc(NCC2CCN(C)C2)c2[nH]cnc2n1. The molecule has 1 atom stereocenters. The van der Waals surface area contributed by atoms with Crippen molar-refractivity contribution >= 4 is 22.9 Å². The molecule has 0 aliphatic carbocycles. The van der Waals surface area contributed by atoms with Crippen molar-refractivity contribution in [1.82, 2.24) is 24.8 Å². The van der Waals surface area contributed by atoms with Crippen molar-refractivity contribution < 1.29 is 0 Å². The number of anilines is 2. The molecule has 1 saturated heterocycles. The van der Waals surface area contributed by atoms with Gasteiger partial charge in [-0.25, -0.2) is 4.98 Å². The smallest absolute Gasteiger partial charge is 0.226 e. The maximum absolute atomic E-state index is 4.45. The van der Waals surface area contributed by atoms with Gasteiger partial charge in [-0.05, 0) is 25.9 Å². The molecule has 1 aliphatic heterocycles. The Hall–Kier alpha value is -1.89. The number of aromatic amines is 1. The first-order chi connectivity index (χ1) is 9.26. The average Bonchev–Trinajstić information content (AvgIpc) is 3.04. The van der Waals surface area contributed by atoms with Gasteiger partial charge in [-0.3, -0.25) is 0 Å². The number of imidazole rings is 1. The van der Waals surface area contributed by atoms with Gasteiger partial charge in [0.05, 0.1) is 6.33 Å². The van der Waals surface area contributed by atoms with Crippen LogP contribution in [0.4, 0.5) is 11.8 Å². The van der Waals surface area contributed by atoms with E-state index in [2.05, 4.69) is 42.5 Å². The normalized spacial score (nSPS) is 20.0. The highest BCUT2D eigenvalue weighted by Gasteiger charge is 2.19. The monoisotopic (exact) mass is 261 g/mol. The summed E-state index contributed by atoms with van der Waals surface area (Å²) < 4.78 is 0. The molecule has 1 aliphatic rings. The third kappa shape index (κ3) is 2.46. The molecule has 1 fully saturated rings. The van der Waals surface area contributed by atoms with Crippen molar-refractivity contribution in [2.75, 3.05) is 44.4 Å². The Balaban J connectivity index is 1.77. The molecule has 0 spiro atoms. The summed E-state index contributed by atoms with van der Waals surface area (Å²) in [4.78, 5) is 18.4. The minimum Gasteiger partial charge on any atom is -0.368 e. The number of likely N-dealkylation sites (tertiary alicyclic amines) is 1. The first-order valence-electron chi connectivity index (χ1n) is 6.57. The molecule has 0 aromatic carbocycles. The summed E-state index contributed by atoms with van der Waals surface area (Å²) in [5.41, 5.74) is 1.55. The fourth-order valence-electron chi connectivity index (χ4n) is 2.51. The lowest BCUT2D eigenvalue weighted by Crippen LogP contribution is -2.19. The highest BCUT2D eigenvalue weighted by Crippen LogP contribution is 2.20. The van der Waals surface area contributed by atoms with Crippen LogP contribution >= 0.6 is 0 Å². The van der Waals surface area contributed by atoms with Crippen molar-refractivity contribution in [2.24, 2.45) is 5.92 Å². The molecule has 3 N–H and O–H groups in total. The lowest BCUT2D eigenvalue weighted by atomic mass is 10.1. The van der Waals surface area contributed by atoms with E-state index in [4.69, 9.17) is 0 Å². The molecule has 2 aromatic heterocycles. The zero-order chi connectivity index (χ0) is 13.2. The van der Waals surface area contributed by atoms with Crippen LogP contribution in [-0.2, 0) is 0 Å². The predicted octanol–water partition coefficient (Wildman–Crippen LogP) is 0.758. The largest absolute Gasteiger partial charge is 0.368 e. The van der Waals surface area contributed by atoms with Crippen LogP contribution in [-0.4, -0.2) is 58.6 Å². The summed E-state index contributed by atoms with van der Waals surface area (Å²) >= 11 is 0. The number of rotatable bonds is 4. The summed E-state index contributed by atoms with van der Waals surface area (Å²) in [6.07, 6.45) is 2.88. The van der Waals surface area contributed by atoms with E-state index in [0.717, 1.165) is 24.4 Å². The van der Waals surface area contributed by atoms with Crippen LogP contribution in [0.5, 0.6) is 0 Å². The summed E-state index contributed by atoms with van der Waals surface area (Å²) in [7, 11) is 3.97. The molecule has 2 aromatic rings. The predicted molar refractivity (Wildman–Crippen MR) is 75.3 cm³/mol. The minimum absolute atomic E-state index is 0.589. The molecule has 7 nitrogen and oxygen atoms in total. The lowest BCUT2D eigenvalue weighted by Gasteiger charge is -2.13. The van der Waals surface area contributed by atoms with Crippen molar-refractivity contribution in [1.29, 1.82) is 0 Å². The van der Waals surface area contributed by atoms with Crippen LogP contribution < -0.4 is 10.6 Å². The highest BCUT2D eigenvalue weighted by molar-refractivity contribution is 5.83. The van der Waals surface area contributed by atoms with Crippen molar-refractivity contribution in [3.05, 3.63) is 6.33 Å². The molecular formula is C12H19N7. The summed E-state index contributed by atoms with van der Waals surface area (Å²) in [6.45, 7) is 3.25. The number of aromatic nitrogens is 4. The van der Waals surface area contributed by atoms with E-state index >= 15 is 0 Å². The molecule has 3 rings (SSSR count). The van der Waals surface area contributed by atoms with Crippen LogP contribution in [0.15, 0.2) is 6.33 Å². The fraction of sp³-hybridized carbons (Fsp3) is 0.583. The maximum atomic E-state index is 4.45. The first-order valence-corrected chi connectivity index (χ1v) is 6.57. The van der Waals surface area contributed by atoms with Gasteiger partial charge in [-0.1, -0.05) is 0 Å². The number of hydrogen-bond acceptors (Lipinski definition) is 6. The topological polar surface area (TPSA) is 81.8 Å². The zero-order valence-corrected chi connectivity index (χ0v) is 11.3. The van der Waals surface area contributed by atoms with Gasteiger partial charge in [-0.15, -0.1) is 0 Å². The third-order valence-electron chi connectivity index (χ3n) is 3.56. The van der Waals surface area contributed by atoms with E-state index in [1.54, 1.807) is 6.33 Å². The van der Waals surface area contributed by atoms with Crippen LogP contribution in [0.3, 0.4) is 0 Å². The van der Waals surface area contributed by atoms with E-state index in [1.165, 1.54) is 13.0 Å². The third-order valence-corrected chi connectivity index (χ3v) is 3.56. The Morgan fingerprint density at radius 2 is 2.37 bits per heavy atom. The Labute approximate surface area is 111 Å². The first kappa shape index (κ1) is 12.2. The Morgan fingerprint density at radius 1 is 1.47 bits per heavy atom. The molecular weight excluding hydrogens is 242 g/mol. The van der Waals surface area contributed by atoms with Crippen LogP contribution in [0.1, 0.15) is 6.42 Å². The minimum atomic E-state index is 0.589. The second-order valence-electron chi connectivity index (χ2n) is 5.04. The Morgan fingerprint density at radius 3 is 3.11 bits per heavy atom. The summed E-state index contributed by atoms with van der Waals surface area (Å²) in [5, 5.41) is 6.38.